The molecule has 1 aliphatic rings. The van der Waals surface area contributed by atoms with Crippen LogP contribution in [0.5, 0.6) is 0 Å². The number of fused-ring (bicyclic) bond motifs is 2. The number of ketones is 1. The lowest BCUT2D eigenvalue weighted by Crippen LogP contribution is -2.11. The van der Waals surface area contributed by atoms with Gasteiger partial charge in [0.05, 0.1) is 22.4 Å². The number of halogens is 1. The molecule has 5 N–H and O–H groups in total. The summed E-state index contributed by atoms with van der Waals surface area (Å²) in [6.45, 7) is 1.72. The number of H-pyrrole nitrogens is 1. The molecule has 9 heteroatoms. The zero-order valence-corrected chi connectivity index (χ0v) is 17.8. The Hall–Kier alpha value is -3.20. The minimum atomic E-state index is -0.514. The van der Waals surface area contributed by atoms with Crippen LogP contribution in [-0.4, -0.2) is 27.2 Å². The van der Waals surface area contributed by atoms with E-state index < -0.39 is 5.82 Å². The average molecular weight is 440 g/mol. The van der Waals surface area contributed by atoms with Crippen LogP contribution in [0.25, 0.3) is 10.9 Å². The molecule has 0 spiro atoms. The Bertz CT molecular complexity index is 1290. The first-order chi connectivity index (χ1) is 14.8. The van der Waals surface area contributed by atoms with Crippen LogP contribution in [0.3, 0.4) is 0 Å². The lowest BCUT2D eigenvalue weighted by atomic mass is 10.0. The number of carbonyl (C=O) groups is 1. The number of aryl methyl sites for hydroxylation is 1. The van der Waals surface area contributed by atoms with Crippen LogP contribution >= 0.6 is 11.8 Å². The van der Waals surface area contributed by atoms with Crippen molar-refractivity contribution in [2.24, 2.45) is 4.99 Å². The molecule has 0 atom stereocenters. The summed E-state index contributed by atoms with van der Waals surface area (Å²) in [5.41, 5.74) is 15.6. The van der Waals surface area contributed by atoms with Gasteiger partial charge in [0.2, 0.25) is 0 Å². The molecule has 0 unspecified atom stereocenters. The number of benzene rings is 2. The van der Waals surface area contributed by atoms with E-state index in [1.165, 1.54) is 17.8 Å². The van der Waals surface area contributed by atoms with Gasteiger partial charge in [-0.2, -0.15) is 0 Å². The lowest BCUT2D eigenvalue weighted by Gasteiger charge is -2.05. The summed E-state index contributed by atoms with van der Waals surface area (Å²) in [4.78, 5) is 35.9. The van der Waals surface area contributed by atoms with Crippen molar-refractivity contribution < 1.29 is 9.18 Å². The molecule has 160 valence electrons. The molecular formula is C22H22FN5O2S. The SMILES string of the molecule is Cc1cc(F)c2nc(SCCCC(=O)CC3=Nc4cc(N)c(N)cc4C3)[nH]c(=O)c2c1. The van der Waals surface area contributed by atoms with Gasteiger partial charge in [-0.25, -0.2) is 9.37 Å². The Labute approximate surface area is 182 Å². The summed E-state index contributed by atoms with van der Waals surface area (Å²) < 4.78 is 14.1. The van der Waals surface area contributed by atoms with Crippen LogP contribution < -0.4 is 17.0 Å². The highest BCUT2D eigenvalue weighted by atomic mass is 32.2. The number of anilines is 2. The van der Waals surface area contributed by atoms with E-state index in [9.17, 15) is 14.0 Å². The summed E-state index contributed by atoms with van der Waals surface area (Å²) in [5, 5.41) is 0.581. The van der Waals surface area contributed by atoms with Crippen LogP contribution in [0, 0.1) is 12.7 Å². The number of carbonyl (C=O) groups excluding carboxylic acids is 1. The number of aromatic amines is 1. The Morgan fingerprint density at radius 2 is 2.00 bits per heavy atom. The minimum absolute atomic E-state index is 0.0630. The van der Waals surface area contributed by atoms with Gasteiger partial charge in [0.25, 0.3) is 5.56 Å². The predicted octanol–water partition coefficient (Wildman–Crippen LogP) is 3.70. The number of Topliss-reactive ketones (excluding diaryl/α,β-unsaturated/α-hetero) is 1. The smallest absolute Gasteiger partial charge is 0.259 e. The van der Waals surface area contributed by atoms with Crippen molar-refractivity contribution >= 4 is 51.2 Å². The maximum atomic E-state index is 14.1. The first-order valence-corrected chi connectivity index (χ1v) is 10.9. The van der Waals surface area contributed by atoms with E-state index >= 15 is 0 Å². The van der Waals surface area contributed by atoms with Gasteiger partial charge in [0.15, 0.2) is 5.16 Å². The fourth-order valence-electron chi connectivity index (χ4n) is 3.58. The highest BCUT2D eigenvalue weighted by molar-refractivity contribution is 7.99. The molecule has 31 heavy (non-hydrogen) atoms. The highest BCUT2D eigenvalue weighted by Gasteiger charge is 2.18. The number of nitrogens with two attached hydrogens (primary N) is 2. The topological polar surface area (TPSA) is 127 Å². The third kappa shape index (κ3) is 4.61. The normalized spacial score (nSPS) is 12.8. The van der Waals surface area contributed by atoms with E-state index in [0.717, 1.165) is 17.0 Å². The van der Waals surface area contributed by atoms with E-state index in [1.807, 2.05) is 6.07 Å². The first-order valence-electron chi connectivity index (χ1n) is 9.89. The number of hydrogen-bond acceptors (Lipinski definition) is 7. The molecule has 0 bridgehead atoms. The summed E-state index contributed by atoms with van der Waals surface area (Å²) in [6.07, 6.45) is 1.89. The Morgan fingerprint density at radius 1 is 1.23 bits per heavy atom. The summed E-state index contributed by atoms with van der Waals surface area (Å²) in [7, 11) is 0. The van der Waals surface area contributed by atoms with E-state index in [-0.39, 0.29) is 28.7 Å². The van der Waals surface area contributed by atoms with Crippen LogP contribution in [-0.2, 0) is 11.2 Å². The first kappa shape index (κ1) is 21.0. The second-order valence-corrected chi connectivity index (χ2v) is 8.73. The number of rotatable bonds is 7. The van der Waals surface area contributed by atoms with Gasteiger partial charge in [-0.15, -0.1) is 0 Å². The minimum Gasteiger partial charge on any atom is -0.397 e. The number of aromatic nitrogens is 2. The van der Waals surface area contributed by atoms with Crippen LogP contribution in [0.4, 0.5) is 21.5 Å². The number of thioether (sulfide) groups is 1. The molecule has 0 saturated carbocycles. The van der Waals surface area contributed by atoms with E-state index in [2.05, 4.69) is 15.0 Å². The molecule has 0 saturated heterocycles. The van der Waals surface area contributed by atoms with Crippen LogP contribution in [0.1, 0.15) is 30.4 Å². The molecule has 1 aliphatic heterocycles. The van der Waals surface area contributed by atoms with Crippen molar-refractivity contribution in [3.8, 4) is 0 Å². The second-order valence-electron chi connectivity index (χ2n) is 7.65. The molecule has 4 rings (SSSR count). The van der Waals surface area contributed by atoms with Crippen molar-refractivity contribution in [3.05, 3.63) is 51.6 Å². The van der Waals surface area contributed by atoms with Crippen LogP contribution in [0.2, 0.25) is 0 Å². The molecule has 2 aromatic carbocycles. The van der Waals surface area contributed by atoms with Crippen LogP contribution in [0.15, 0.2) is 39.2 Å². The van der Waals surface area contributed by atoms with Gasteiger partial charge in [-0.3, -0.25) is 14.6 Å². The Kier molecular flexibility index (Phi) is 5.77. The van der Waals surface area contributed by atoms with E-state index in [0.29, 0.717) is 47.1 Å². The van der Waals surface area contributed by atoms with Crippen molar-refractivity contribution in [1.82, 2.24) is 9.97 Å². The zero-order chi connectivity index (χ0) is 22.1. The van der Waals surface area contributed by atoms with Gasteiger partial charge in [-0.05, 0) is 48.7 Å². The van der Waals surface area contributed by atoms with Gasteiger partial charge in [0.1, 0.15) is 17.1 Å². The largest absolute Gasteiger partial charge is 0.397 e. The molecule has 3 aromatic rings. The van der Waals surface area contributed by atoms with Crippen molar-refractivity contribution in [3.63, 3.8) is 0 Å². The predicted molar refractivity (Wildman–Crippen MR) is 123 cm³/mol. The molecule has 0 amide bonds. The number of nitrogens with one attached hydrogen (secondary N) is 1. The molecule has 1 aromatic heterocycles. The third-order valence-electron chi connectivity index (χ3n) is 5.08. The van der Waals surface area contributed by atoms with Crippen molar-refractivity contribution in [2.45, 2.75) is 37.8 Å². The number of nitrogen functional groups attached to an aromatic ring is 2. The number of nitrogens with zero attached hydrogens (tertiary/aromatic N) is 2. The quantitative estimate of drug-likeness (QED) is 0.223. The van der Waals surface area contributed by atoms with Gasteiger partial charge < -0.3 is 16.5 Å². The highest BCUT2D eigenvalue weighted by Crippen LogP contribution is 2.33. The second kappa shape index (κ2) is 8.50. The average Bonchev–Trinajstić information content (AvgIpc) is 3.07. The maximum absolute atomic E-state index is 14.1. The standard InChI is InChI=1S/C22H22FN5O2S/c1-11-5-15-20(16(23)6-11)27-22(28-21(15)30)31-4-2-3-14(29)9-13-7-12-8-17(24)18(25)10-19(12)26-13/h5-6,8,10H,2-4,7,9,24-25H2,1H3,(H,27,28,30). The molecule has 0 fully saturated rings. The monoisotopic (exact) mass is 439 g/mol. The molecule has 7 nitrogen and oxygen atoms in total. The zero-order valence-electron chi connectivity index (χ0n) is 17.0. The number of hydrogen-bond donors (Lipinski definition) is 3. The van der Waals surface area contributed by atoms with Gasteiger partial charge >= 0.3 is 0 Å². The Balaban J connectivity index is 1.30. The fourth-order valence-corrected chi connectivity index (χ4v) is 4.39. The Morgan fingerprint density at radius 3 is 2.81 bits per heavy atom. The van der Waals surface area contributed by atoms with E-state index in [4.69, 9.17) is 11.5 Å². The molecular weight excluding hydrogens is 417 g/mol. The van der Waals surface area contributed by atoms with E-state index in [1.54, 1.807) is 19.1 Å². The molecule has 0 aliphatic carbocycles. The number of aliphatic imine (C=N–C) groups is 1. The lowest BCUT2D eigenvalue weighted by molar-refractivity contribution is -0.117. The van der Waals surface area contributed by atoms with Gasteiger partial charge in [0, 0.05) is 30.7 Å². The maximum Gasteiger partial charge on any atom is 0.259 e. The third-order valence-corrected chi connectivity index (χ3v) is 6.04. The molecule has 0 radical (unpaired) electrons. The summed E-state index contributed by atoms with van der Waals surface area (Å²) in [5.74, 6) is 0.155. The van der Waals surface area contributed by atoms with Crippen molar-refractivity contribution in [1.29, 1.82) is 0 Å². The summed E-state index contributed by atoms with van der Waals surface area (Å²) >= 11 is 1.30. The van der Waals surface area contributed by atoms with Crippen molar-refractivity contribution in [2.75, 3.05) is 17.2 Å². The van der Waals surface area contributed by atoms with Gasteiger partial charge in [-0.1, -0.05) is 11.8 Å². The molecule has 2 heterocycles. The summed E-state index contributed by atoms with van der Waals surface area (Å²) in [6, 6.07) is 6.52. The fraction of sp³-hybridized carbons (Fsp3) is 0.273.